The van der Waals surface area contributed by atoms with Gasteiger partial charge in [-0.2, -0.15) is 4.31 Å². The van der Waals surface area contributed by atoms with Crippen LogP contribution in [-0.4, -0.2) is 57.3 Å². The molecule has 29 heavy (non-hydrogen) atoms. The molecule has 0 heterocycles. The number of hydrogen-bond donors (Lipinski definition) is 1. The van der Waals surface area contributed by atoms with Crippen molar-refractivity contribution in [2.75, 3.05) is 27.7 Å². The van der Waals surface area contributed by atoms with Crippen LogP contribution < -0.4 is 5.32 Å². The van der Waals surface area contributed by atoms with Gasteiger partial charge in [-0.25, -0.2) is 12.8 Å². The maximum atomic E-state index is 13.5. The molecule has 0 spiro atoms. The molecule has 2 rings (SSSR count). The van der Waals surface area contributed by atoms with Crippen LogP contribution in [0.1, 0.15) is 35.8 Å². The summed E-state index contributed by atoms with van der Waals surface area (Å²) < 4.78 is 39.9. The Labute approximate surface area is 172 Å². The van der Waals surface area contributed by atoms with Gasteiger partial charge in [-0.1, -0.05) is 12.1 Å². The van der Waals surface area contributed by atoms with Gasteiger partial charge < -0.3 is 10.2 Å². The second-order valence-electron chi connectivity index (χ2n) is 7.38. The van der Waals surface area contributed by atoms with E-state index in [-0.39, 0.29) is 35.2 Å². The highest BCUT2D eigenvalue weighted by Crippen LogP contribution is 2.19. The Morgan fingerprint density at radius 3 is 2.21 bits per heavy atom. The van der Waals surface area contributed by atoms with Crippen LogP contribution >= 0.6 is 0 Å². The second-order valence-corrected chi connectivity index (χ2v) is 9.38. The van der Waals surface area contributed by atoms with Crippen molar-refractivity contribution in [3.8, 4) is 0 Å². The monoisotopic (exact) mass is 421 g/mol. The molecule has 1 N–H and O–H groups in total. The standard InChI is InChI=1S/C21H28FN3O3S/c1-15(2)25(5)29(27,28)19-11-9-16(10-12-19)21(26)23-14-20(24(3)4)17-7-6-8-18(22)13-17/h6-13,15,20H,14H2,1-5H3,(H,23,26). The van der Waals surface area contributed by atoms with Crippen LogP contribution in [-0.2, 0) is 10.0 Å². The fourth-order valence-corrected chi connectivity index (χ4v) is 4.19. The predicted octanol–water partition coefficient (Wildman–Crippen LogP) is 2.89. The lowest BCUT2D eigenvalue weighted by Crippen LogP contribution is -2.35. The molecule has 0 fully saturated rings. The first-order valence-corrected chi connectivity index (χ1v) is 10.8. The molecule has 1 unspecified atom stereocenters. The second kappa shape index (κ2) is 9.47. The summed E-state index contributed by atoms with van der Waals surface area (Å²) in [6.07, 6.45) is 0. The molecule has 0 saturated heterocycles. The van der Waals surface area contributed by atoms with Crippen LogP contribution in [0.2, 0.25) is 0 Å². The number of likely N-dealkylation sites (N-methyl/N-ethyl adjacent to an activating group) is 1. The molecule has 6 nitrogen and oxygen atoms in total. The highest BCUT2D eigenvalue weighted by Gasteiger charge is 2.23. The summed E-state index contributed by atoms with van der Waals surface area (Å²) in [5, 5.41) is 2.83. The van der Waals surface area contributed by atoms with E-state index in [2.05, 4.69) is 5.32 Å². The van der Waals surface area contributed by atoms with Crippen LogP contribution in [0.4, 0.5) is 4.39 Å². The summed E-state index contributed by atoms with van der Waals surface area (Å²) in [7, 11) is 1.63. The number of carbonyl (C=O) groups excluding carboxylic acids is 1. The minimum absolute atomic E-state index is 0.135. The Hall–Kier alpha value is -2.29. The molecule has 1 atom stereocenters. The summed E-state index contributed by atoms with van der Waals surface area (Å²) in [4.78, 5) is 14.5. The third kappa shape index (κ3) is 5.62. The summed E-state index contributed by atoms with van der Waals surface area (Å²) in [5.41, 5.74) is 1.11. The van der Waals surface area contributed by atoms with Crippen molar-refractivity contribution >= 4 is 15.9 Å². The molecule has 0 aliphatic rings. The van der Waals surface area contributed by atoms with E-state index >= 15 is 0 Å². The summed E-state index contributed by atoms with van der Waals surface area (Å²) >= 11 is 0. The minimum atomic E-state index is -3.60. The predicted molar refractivity (Wildman–Crippen MR) is 112 cm³/mol. The molecular weight excluding hydrogens is 393 g/mol. The average Bonchev–Trinajstić information content (AvgIpc) is 2.67. The zero-order chi connectivity index (χ0) is 21.8. The van der Waals surface area contributed by atoms with E-state index < -0.39 is 10.0 Å². The van der Waals surface area contributed by atoms with E-state index in [4.69, 9.17) is 0 Å². The van der Waals surface area contributed by atoms with E-state index in [0.29, 0.717) is 5.56 Å². The topological polar surface area (TPSA) is 69.7 Å². The van der Waals surface area contributed by atoms with Crippen molar-refractivity contribution in [1.82, 2.24) is 14.5 Å². The molecule has 1 amide bonds. The van der Waals surface area contributed by atoms with Crippen molar-refractivity contribution < 1.29 is 17.6 Å². The first-order valence-electron chi connectivity index (χ1n) is 9.32. The number of amides is 1. The van der Waals surface area contributed by atoms with Gasteiger partial charge in [0.1, 0.15) is 5.82 Å². The number of nitrogens with one attached hydrogen (secondary N) is 1. The van der Waals surface area contributed by atoms with E-state index in [1.54, 1.807) is 19.9 Å². The lowest BCUT2D eigenvalue weighted by Gasteiger charge is -2.25. The van der Waals surface area contributed by atoms with Crippen molar-refractivity contribution in [2.24, 2.45) is 0 Å². The first-order chi connectivity index (χ1) is 13.5. The molecule has 0 bridgehead atoms. The van der Waals surface area contributed by atoms with Crippen LogP contribution in [0, 0.1) is 5.82 Å². The Bertz CT molecular complexity index is 944. The number of carbonyl (C=O) groups is 1. The quantitative estimate of drug-likeness (QED) is 0.712. The van der Waals surface area contributed by atoms with E-state index in [9.17, 15) is 17.6 Å². The fourth-order valence-electron chi connectivity index (χ4n) is 2.83. The van der Waals surface area contributed by atoms with E-state index in [1.165, 1.54) is 47.8 Å². The van der Waals surface area contributed by atoms with Gasteiger partial charge in [-0.05, 0) is 69.9 Å². The van der Waals surface area contributed by atoms with Gasteiger partial charge in [0.25, 0.3) is 5.91 Å². The Morgan fingerprint density at radius 2 is 1.69 bits per heavy atom. The van der Waals surface area contributed by atoms with Gasteiger partial charge in [0.05, 0.1) is 10.9 Å². The van der Waals surface area contributed by atoms with Gasteiger partial charge in [0.2, 0.25) is 10.0 Å². The zero-order valence-corrected chi connectivity index (χ0v) is 18.2. The third-order valence-electron chi connectivity index (χ3n) is 4.83. The number of halogens is 1. The summed E-state index contributed by atoms with van der Waals surface area (Å²) in [6.45, 7) is 3.86. The molecule has 0 saturated carbocycles. The molecule has 2 aromatic carbocycles. The molecular formula is C21H28FN3O3S. The molecule has 0 aliphatic carbocycles. The van der Waals surface area contributed by atoms with Crippen LogP contribution in [0.15, 0.2) is 53.4 Å². The summed E-state index contributed by atoms with van der Waals surface area (Å²) in [6, 6.07) is 11.7. The Morgan fingerprint density at radius 1 is 1.07 bits per heavy atom. The highest BCUT2D eigenvalue weighted by molar-refractivity contribution is 7.89. The van der Waals surface area contributed by atoms with Crippen molar-refractivity contribution in [3.05, 3.63) is 65.5 Å². The van der Waals surface area contributed by atoms with Gasteiger partial charge in [0, 0.05) is 25.2 Å². The number of sulfonamides is 1. The van der Waals surface area contributed by atoms with Crippen LogP contribution in [0.3, 0.4) is 0 Å². The molecule has 0 aliphatic heterocycles. The summed E-state index contributed by atoms with van der Waals surface area (Å²) in [5.74, 6) is -0.654. The molecule has 0 aromatic heterocycles. The normalized spacial score (nSPS) is 13.1. The van der Waals surface area contributed by atoms with Crippen LogP contribution in [0.5, 0.6) is 0 Å². The maximum absolute atomic E-state index is 13.5. The zero-order valence-electron chi connectivity index (χ0n) is 17.4. The highest BCUT2D eigenvalue weighted by atomic mass is 32.2. The number of benzene rings is 2. The van der Waals surface area contributed by atoms with Gasteiger partial charge in [-0.15, -0.1) is 0 Å². The van der Waals surface area contributed by atoms with E-state index in [0.717, 1.165) is 5.56 Å². The van der Waals surface area contributed by atoms with Gasteiger partial charge >= 0.3 is 0 Å². The SMILES string of the molecule is CC(C)N(C)S(=O)(=O)c1ccc(C(=O)NCC(c2cccc(F)c2)N(C)C)cc1. The molecule has 158 valence electrons. The molecule has 8 heteroatoms. The van der Waals surface area contributed by atoms with Gasteiger partial charge in [-0.3, -0.25) is 4.79 Å². The number of nitrogens with zero attached hydrogens (tertiary/aromatic N) is 2. The smallest absolute Gasteiger partial charge is 0.251 e. The van der Waals surface area contributed by atoms with E-state index in [1.807, 2.05) is 25.1 Å². The van der Waals surface area contributed by atoms with Crippen molar-refractivity contribution in [3.63, 3.8) is 0 Å². The van der Waals surface area contributed by atoms with Gasteiger partial charge in [0.15, 0.2) is 0 Å². The lowest BCUT2D eigenvalue weighted by atomic mass is 10.1. The maximum Gasteiger partial charge on any atom is 0.251 e. The minimum Gasteiger partial charge on any atom is -0.350 e. The third-order valence-corrected chi connectivity index (χ3v) is 6.88. The Balaban J connectivity index is 2.11. The molecule has 2 aromatic rings. The average molecular weight is 422 g/mol. The largest absolute Gasteiger partial charge is 0.350 e. The van der Waals surface area contributed by atoms with Crippen molar-refractivity contribution in [2.45, 2.75) is 30.8 Å². The first kappa shape index (κ1) is 23.0. The number of rotatable bonds is 8. The van der Waals surface area contributed by atoms with Crippen molar-refractivity contribution in [1.29, 1.82) is 0 Å². The lowest BCUT2D eigenvalue weighted by molar-refractivity contribution is 0.0942. The Kier molecular flexibility index (Phi) is 7.51. The number of hydrogen-bond acceptors (Lipinski definition) is 4. The fraction of sp³-hybridized carbons (Fsp3) is 0.381. The molecule has 0 radical (unpaired) electrons. The van der Waals surface area contributed by atoms with Crippen LogP contribution in [0.25, 0.3) is 0 Å².